The van der Waals surface area contributed by atoms with Gasteiger partial charge in [0.2, 0.25) is 17.7 Å². The standard InChI is InChI=1S/C21H26N6O8/c22-14(7-18(30)31)19(32)24-9-17(29)26-15(6-12-8-23-10-25-12)20(33)27-16(21(34)35)5-11-1-3-13(28)4-2-11/h1-4,8,10,14-16,28H,5-7,9,22H2,(H,23,25)(H,24,32)(H,26,29)(H,27,33)(H,30,31)(H,34,35). The highest BCUT2D eigenvalue weighted by Gasteiger charge is 2.28. The number of carboxylic acids is 2. The van der Waals surface area contributed by atoms with Gasteiger partial charge >= 0.3 is 11.9 Å². The molecule has 14 heteroatoms. The number of carboxylic acid groups (broad SMARTS) is 2. The highest BCUT2D eigenvalue weighted by atomic mass is 16.4. The van der Waals surface area contributed by atoms with Gasteiger partial charge in [-0.25, -0.2) is 9.78 Å². The van der Waals surface area contributed by atoms with Gasteiger partial charge in [0.05, 0.1) is 25.3 Å². The van der Waals surface area contributed by atoms with E-state index >= 15 is 0 Å². The van der Waals surface area contributed by atoms with Crippen LogP contribution in [0.4, 0.5) is 0 Å². The van der Waals surface area contributed by atoms with E-state index in [0.717, 1.165) is 0 Å². The lowest BCUT2D eigenvalue weighted by atomic mass is 10.0. The number of nitrogens with two attached hydrogens (primary N) is 1. The van der Waals surface area contributed by atoms with Crippen molar-refractivity contribution in [2.75, 3.05) is 6.54 Å². The molecule has 0 aliphatic heterocycles. The van der Waals surface area contributed by atoms with Crippen LogP contribution in [0.3, 0.4) is 0 Å². The summed E-state index contributed by atoms with van der Waals surface area (Å²) in [4.78, 5) is 66.0. The van der Waals surface area contributed by atoms with Crippen molar-refractivity contribution in [3.63, 3.8) is 0 Å². The van der Waals surface area contributed by atoms with Gasteiger partial charge in [0.15, 0.2) is 0 Å². The molecule has 0 aliphatic carbocycles. The number of aromatic amines is 1. The number of amides is 3. The van der Waals surface area contributed by atoms with Crippen LogP contribution in [-0.4, -0.2) is 79.6 Å². The van der Waals surface area contributed by atoms with Crippen molar-refractivity contribution in [1.29, 1.82) is 0 Å². The molecule has 9 N–H and O–H groups in total. The lowest BCUT2D eigenvalue weighted by molar-refractivity contribution is -0.142. The number of hydrogen-bond acceptors (Lipinski definition) is 8. The molecule has 14 nitrogen and oxygen atoms in total. The number of carbonyl (C=O) groups excluding carboxylic acids is 3. The van der Waals surface area contributed by atoms with E-state index in [0.29, 0.717) is 11.3 Å². The molecule has 188 valence electrons. The molecule has 0 aliphatic rings. The summed E-state index contributed by atoms with van der Waals surface area (Å²) in [7, 11) is 0. The number of phenols is 1. The Hall–Kier alpha value is -4.46. The molecular weight excluding hydrogens is 464 g/mol. The molecule has 3 unspecified atom stereocenters. The second kappa shape index (κ2) is 12.7. The zero-order chi connectivity index (χ0) is 26.0. The fraction of sp³-hybridized carbons (Fsp3) is 0.333. The first-order chi connectivity index (χ1) is 16.5. The third-order valence-corrected chi connectivity index (χ3v) is 4.78. The van der Waals surface area contributed by atoms with E-state index in [1.807, 2.05) is 0 Å². The maximum Gasteiger partial charge on any atom is 0.326 e. The van der Waals surface area contributed by atoms with Crippen LogP contribution in [0.5, 0.6) is 5.75 Å². The van der Waals surface area contributed by atoms with Gasteiger partial charge in [-0.05, 0) is 17.7 Å². The third kappa shape index (κ3) is 9.13. The van der Waals surface area contributed by atoms with Crippen LogP contribution in [0.25, 0.3) is 0 Å². The molecule has 1 aromatic heterocycles. The average molecular weight is 490 g/mol. The van der Waals surface area contributed by atoms with Crippen LogP contribution in [0, 0.1) is 0 Å². The Labute approximate surface area is 198 Å². The van der Waals surface area contributed by atoms with Gasteiger partial charge < -0.3 is 42.0 Å². The van der Waals surface area contributed by atoms with E-state index in [1.54, 1.807) is 0 Å². The van der Waals surface area contributed by atoms with Crippen molar-refractivity contribution >= 4 is 29.7 Å². The van der Waals surface area contributed by atoms with Crippen molar-refractivity contribution in [1.82, 2.24) is 25.9 Å². The molecule has 1 aromatic carbocycles. The molecule has 0 spiro atoms. The van der Waals surface area contributed by atoms with E-state index in [1.165, 1.54) is 36.8 Å². The molecular formula is C21H26N6O8. The summed E-state index contributed by atoms with van der Waals surface area (Å²) >= 11 is 0. The summed E-state index contributed by atoms with van der Waals surface area (Å²) < 4.78 is 0. The number of aromatic nitrogens is 2. The van der Waals surface area contributed by atoms with Gasteiger partial charge in [0.25, 0.3) is 0 Å². The molecule has 2 rings (SSSR count). The van der Waals surface area contributed by atoms with Crippen LogP contribution in [-0.2, 0) is 36.8 Å². The summed E-state index contributed by atoms with van der Waals surface area (Å²) in [6.07, 6.45) is 2.01. The van der Waals surface area contributed by atoms with Gasteiger partial charge in [-0.1, -0.05) is 12.1 Å². The Morgan fingerprint density at radius 2 is 1.66 bits per heavy atom. The molecule has 35 heavy (non-hydrogen) atoms. The summed E-state index contributed by atoms with van der Waals surface area (Å²) in [6.45, 7) is -0.589. The lowest BCUT2D eigenvalue weighted by Gasteiger charge is -2.21. The lowest BCUT2D eigenvalue weighted by Crippen LogP contribution is -2.55. The molecule has 0 bridgehead atoms. The maximum absolute atomic E-state index is 12.9. The predicted molar refractivity (Wildman–Crippen MR) is 119 cm³/mol. The summed E-state index contributed by atoms with van der Waals surface area (Å²) in [5.74, 6) is -5.04. The van der Waals surface area contributed by atoms with Crippen molar-refractivity contribution in [3.8, 4) is 5.75 Å². The maximum atomic E-state index is 12.9. The largest absolute Gasteiger partial charge is 0.508 e. The molecule has 0 saturated heterocycles. The first-order valence-corrected chi connectivity index (χ1v) is 10.4. The van der Waals surface area contributed by atoms with Crippen molar-refractivity contribution in [3.05, 3.63) is 48.0 Å². The van der Waals surface area contributed by atoms with E-state index in [4.69, 9.17) is 10.8 Å². The first kappa shape index (κ1) is 26.8. The van der Waals surface area contributed by atoms with Crippen molar-refractivity contribution < 1.29 is 39.3 Å². The number of rotatable bonds is 13. The number of benzene rings is 1. The molecule has 2 aromatic rings. The van der Waals surface area contributed by atoms with Crippen LogP contribution < -0.4 is 21.7 Å². The van der Waals surface area contributed by atoms with Gasteiger partial charge in [-0.3, -0.25) is 19.2 Å². The quantitative estimate of drug-likeness (QED) is 0.152. The predicted octanol–water partition coefficient (Wildman–Crippen LogP) is -2.13. The first-order valence-electron chi connectivity index (χ1n) is 10.4. The third-order valence-electron chi connectivity index (χ3n) is 4.78. The van der Waals surface area contributed by atoms with E-state index < -0.39 is 60.8 Å². The number of nitrogens with zero attached hydrogens (tertiary/aromatic N) is 1. The number of hydrogen-bond donors (Lipinski definition) is 8. The Morgan fingerprint density at radius 1 is 0.971 bits per heavy atom. The topological polar surface area (TPSA) is 237 Å². The Balaban J connectivity index is 2.04. The van der Waals surface area contributed by atoms with Crippen LogP contribution in [0.1, 0.15) is 17.7 Å². The monoisotopic (exact) mass is 490 g/mol. The van der Waals surface area contributed by atoms with E-state index in [-0.39, 0.29) is 18.6 Å². The number of nitrogens with one attached hydrogen (secondary N) is 4. The number of carbonyl (C=O) groups is 5. The minimum atomic E-state index is -1.36. The zero-order valence-corrected chi connectivity index (χ0v) is 18.4. The highest BCUT2D eigenvalue weighted by Crippen LogP contribution is 2.12. The summed E-state index contributed by atoms with van der Waals surface area (Å²) in [6, 6.07) is 1.87. The van der Waals surface area contributed by atoms with Crippen LogP contribution in [0.15, 0.2) is 36.8 Å². The van der Waals surface area contributed by atoms with Gasteiger partial charge in [-0.15, -0.1) is 0 Å². The Kier molecular flexibility index (Phi) is 9.71. The van der Waals surface area contributed by atoms with Crippen LogP contribution >= 0.6 is 0 Å². The summed E-state index contributed by atoms with van der Waals surface area (Å²) in [5, 5.41) is 34.6. The molecule has 3 amide bonds. The zero-order valence-electron chi connectivity index (χ0n) is 18.4. The Bertz CT molecular complexity index is 1040. The second-order valence-corrected chi connectivity index (χ2v) is 7.59. The number of H-pyrrole nitrogens is 1. The number of imidazole rings is 1. The number of aromatic hydroxyl groups is 1. The molecule has 0 radical (unpaired) electrons. The van der Waals surface area contributed by atoms with E-state index in [2.05, 4.69) is 25.9 Å². The highest BCUT2D eigenvalue weighted by molar-refractivity contribution is 5.93. The molecule has 3 atom stereocenters. The molecule has 0 fully saturated rings. The van der Waals surface area contributed by atoms with Crippen molar-refractivity contribution in [2.45, 2.75) is 37.4 Å². The minimum Gasteiger partial charge on any atom is -0.508 e. The fourth-order valence-electron chi connectivity index (χ4n) is 2.99. The normalized spacial score (nSPS) is 13.2. The second-order valence-electron chi connectivity index (χ2n) is 7.59. The van der Waals surface area contributed by atoms with Crippen LogP contribution in [0.2, 0.25) is 0 Å². The Morgan fingerprint density at radius 3 is 2.23 bits per heavy atom. The summed E-state index contributed by atoms with van der Waals surface area (Å²) in [5.41, 5.74) is 6.45. The smallest absolute Gasteiger partial charge is 0.326 e. The van der Waals surface area contributed by atoms with Crippen molar-refractivity contribution in [2.24, 2.45) is 5.73 Å². The van der Waals surface area contributed by atoms with E-state index in [9.17, 15) is 34.2 Å². The number of phenolic OH excluding ortho intramolecular Hbond substituents is 1. The minimum absolute atomic E-state index is 0.00278. The SMILES string of the molecule is NC(CC(=O)O)C(=O)NCC(=O)NC(Cc1cnc[nH]1)C(=O)NC(Cc1ccc(O)cc1)C(=O)O. The number of aliphatic carboxylic acids is 2. The molecule has 0 saturated carbocycles. The van der Waals surface area contributed by atoms with Gasteiger partial charge in [0.1, 0.15) is 17.8 Å². The van der Waals surface area contributed by atoms with Gasteiger partial charge in [0, 0.05) is 24.7 Å². The van der Waals surface area contributed by atoms with Gasteiger partial charge in [-0.2, -0.15) is 0 Å². The average Bonchev–Trinajstić information content (AvgIpc) is 3.30. The fourth-order valence-corrected chi connectivity index (χ4v) is 2.99. The molecule has 1 heterocycles.